The van der Waals surface area contributed by atoms with Gasteiger partial charge in [-0.25, -0.2) is 0 Å². The maximum absolute atomic E-state index is 2.38. The fourth-order valence-electron chi connectivity index (χ4n) is 2.71. The molecule has 0 saturated carbocycles. The molecule has 0 amide bonds. The van der Waals surface area contributed by atoms with Crippen molar-refractivity contribution in [3.05, 3.63) is 34.9 Å². The largest absolute Gasteiger partial charge is 0.0617 e. The third-order valence-electron chi connectivity index (χ3n) is 3.50. The minimum atomic E-state index is 0.399. The van der Waals surface area contributed by atoms with Crippen LogP contribution in [0.1, 0.15) is 56.7 Å². The Labute approximate surface area is 87.3 Å². The first kappa shape index (κ1) is 9.76. The molecule has 0 fully saturated rings. The van der Waals surface area contributed by atoms with Crippen molar-refractivity contribution >= 4 is 0 Å². The first-order valence-corrected chi connectivity index (χ1v) is 5.64. The second-order valence-electron chi connectivity index (χ2n) is 5.42. The number of benzene rings is 1. The molecular weight excluding hydrogens is 168 g/mol. The van der Waals surface area contributed by atoms with Crippen molar-refractivity contribution < 1.29 is 0 Å². The minimum absolute atomic E-state index is 0.399. The predicted molar refractivity (Wildman–Crippen MR) is 61.9 cm³/mol. The number of hydrogen-bond donors (Lipinski definition) is 0. The lowest BCUT2D eigenvalue weighted by Gasteiger charge is -2.24. The molecule has 1 aromatic rings. The van der Waals surface area contributed by atoms with Crippen molar-refractivity contribution in [3.63, 3.8) is 0 Å². The molecule has 1 aliphatic carbocycles. The highest BCUT2D eigenvalue weighted by Gasteiger charge is 2.32. The topological polar surface area (TPSA) is 0 Å². The maximum atomic E-state index is 2.38. The van der Waals surface area contributed by atoms with Crippen LogP contribution in [0.5, 0.6) is 0 Å². The van der Waals surface area contributed by atoms with Gasteiger partial charge in [-0.05, 0) is 40.9 Å². The molecule has 1 aliphatic rings. The molecule has 14 heavy (non-hydrogen) atoms. The van der Waals surface area contributed by atoms with Gasteiger partial charge in [-0.1, -0.05) is 45.9 Å². The van der Waals surface area contributed by atoms with E-state index in [1.54, 1.807) is 16.7 Å². The summed E-state index contributed by atoms with van der Waals surface area (Å²) in [6.45, 7) is 9.35. The monoisotopic (exact) mass is 188 g/mol. The van der Waals surface area contributed by atoms with E-state index in [0.29, 0.717) is 11.3 Å². The summed E-state index contributed by atoms with van der Waals surface area (Å²) in [7, 11) is 0. The highest BCUT2D eigenvalue weighted by Crippen LogP contribution is 2.42. The van der Waals surface area contributed by atoms with Gasteiger partial charge >= 0.3 is 0 Å². The first-order chi connectivity index (χ1) is 6.52. The predicted octanol–water partition coefficient (Wildman–Crippen LogP) is 4.03. The van der Waals surface area contributed by atoms with Gasteiger partial charge in [-0.3, -0.25) is 0 Å². The van der Waals surface area contributed by atoms with Gasteiger partial charge in [0.1, 0.15) is 0 Å². The lowest BCUT2D eigenvalue weighted by Crippen LogP contribution is -2.15. The van der Waals surface area contributed by atoms with Gasteiger partial charge in [0.25, 0.3) is 0 Å². The quantitative estimate of drug-likeness (QED) is 0.624. The Morgan fingerprint density at radius 1 is 1.21 bits per heavy atom. The van der Waals surface area contributed by atoms with Crippen molar-refractivity contribution in [1.29, 1.82) is 0 Å². The Bertz CT molecular complexity index is 345. The molecule has 0 unspecified atom stereocenters. The zero-order chi connectivity index (χ0) is 10.3. The van der Waals surface area contributed by atoms with E-state index in [-0.39, 0.29) is 0 Å². The van der Waals surface area contributed by atoms with Crippen LogP contribution in [0.25, 0.3) is 0 Å². The van der Waals surface area contributed by atoms with E-state index < -0.39 is 0 Å². The van der Waals surface area contributed by atoms with Gasteiger partial charge in [0, 0.05) is 0 Å². The van der Waals surface area contributed by atoms with Gasteiger partial charge in [0.15, 0.2) is 0 Å². The molecule has 0 N–H and O–H groups in total. The van der Waals surface area contributed by atoms with E-state index in [9.17, 15) is 0 Å². The van der Waals surface area contributed by atoms with E-state index in [1.165, 1.54) is 12.8 Å². The normalized spacial score (nSPS) is 18.6. The Kier molecular flexibility index (Phi) is 2.17. The molecule has 0 atom stereocenters. The summed E-state index contributed by atoms with van der Waals surface area (Å²) in [4.78, 5) is 0. The van der Waals surface area contributed by atoms with Crippen LogP contribution in [0.3, 0.4) is 0 Å². The second kappa shape index (κ2) is 3.12. The van der Waals surface area contributed by atoms with E-state index in [1.807, 2.05) is 0 Å². The Morgan fingerprint density at radius 2 is 1.93 bits per heavy atom. The number of fused-ring (bicyclic) bond motifs is 1. The van der Waals surface area contributed by atoms with Crippen LogP contribution in [-0.4, -0.2) is 0 Å². The molecule has 76 valence electrons. The van der Waals surface area contributed by atoms with Crippen LogP contribution >= 0.6 is 0 Å². The van der Waals surface area contributed by atoms with Gasteiger partial charge in [-0.15, -0.1) is 0 Å². The molecule has 0 heterocycles. The fourth-order valence-corrected chi connectivity index (χ4v) is 2.71. The van der Waals surface area contributed by atoms with Gasteiger partial charge in [0.05, 0.1) is 0 Å². The van der Waals surface area contributed by atoms with Crippen molar-refractivity contribution in [3.8, 4) is 0 Å². The van der Waals surface area contributed by atoms with Crippen LogP contribution in [-0.2, 0) is 11.8 Å². The summed E-state index contributed by atoms with van der Waals surface area (Å²) in [6.07, 6.45) is 2.58. The smallest absolute Gasteiger partial charge is 0.00948 e. The fraction of sp³-hybridized carbons (Fsp3) is 0.571. The average molecular weight is 188 g/mol. The lowest BCUT2D eigenvalue weighted by molar-refractivity contribution is 0.515. The number of aryl methyl sites for hydroxylation is 1. The summed E-state index contributed by atoms with van der Waals surface area (Å²) < 4.78 is 0. The molecule has 0 spiro atoms. The number of hydrogen-bond acceptors (Lipinski definition) is 0. The lowest BCUT2D eigenvalue weighted by atomic mass is 9.81. The van der Waals surface area contributed by atoms with Crippen LogP contribution in [0.15, 0.2) is 18.2 Å². The SMILES string of the molecule is CC(C)c1cccc2c1C(C)(C)CC2. The van der Waals surface area contributed by atoms with Crippen LogP contribution in [0, 0.1) is 0 Å². The third kappa shape index (κ3) is 1.37. The number of rotatable bonds is 1. The maximum Gasteiger partial charge on any atom is -0.00948 e. The van der Waals surface area contributed by atoms with Crippen molar-refractivity contribution in [1.82, 2.24) is 0 Å². The van der Waals surface area contributed by atoms with E-state index in [4.69, 9.17) is 0 Å². The van der Waals surface area contributed by atoms with Crippen molar-refractivity contribution in [2.75, 3.05) is 0 Å². The van der Waals surface area contributed by atoms with E-state index in [0.717, 1.165) is 0 Å². The Morgan fingerprint density at radius 3 is 2.57 bits per heavy atom. The zero-order valence-corrected chi connectivity index (χ0v) is 9.72. The van der Waals surface area contributed by atoms with Gasteiger partial charge in [0.2, 0.25) is 0 Å². The standard InChI is InChI=1S/C14H20/c1-10(2)12-7-5-6-11-8-9-14(3,4)13(11)12/h5-7,10H,8-9H2,1-4H3. The van der Waals surface area contributed by atoms with Crippen molar-refractivity contribution in [2.24, 2.45) is 0 Å². The second-order valence-corrected chi connectivity index (χ2v) is 5.42. The summed E-state index contributed by atoms with van der Waals surface area (Å²) >= 11 is 0. The van der Waals surface area contributed by atoms with Crippen molar-refractivity contribution in [2.45, 2.75) is 51.9 Å². The molecule has 0 aromatic heterocycles. The van der Waals surface area contributed by atoms with Crippen LogP contribution < -0.4 is 0 Å². The summed E-state index contributed by atoms with van der Waals surface area (Å²) in [5, 5.41) is 0. The van der Waals surface area contributed by atoms with E-state index in [2.05, 4.69) is 45.9 Å². The van der Waals surface area contributed by atoms with E-state index >= 15 is 0 Å². The molecule has 0 radical (unpaired) electrons. The average Bonchev–Trinajstić information content (AvgIpc) is 2.43. The molecule has 0 nitrogen and oxygen atoms in total. The molecule has 2 rings (SSSR count). The van der Waals surface area contributed by atoms with Crippen LogP contribution in [0.2, 0.25) is 0 Å². The molecule has 0 saturated heterocycles. The van der Waals surface area contributed by atoms with Gasteiger partial charge in [-0.2, -0.15) is 0 Å². The zero-order valence-electron chi connectivity index (χ0n) is 9.72. The molecule has 1 aromatic carbocycles. The van der Waals surface area contributed by atoms with Crippen LogP contribution in [0.4, 0.5) is 0 Å². The first-order valence-electron chi connectivity index (χ1n) is 5.64. The molecular formula is C14H20. The van der Waals surface area contributed by atoms with Gasteiger partial charge < -0.3 is 0 Å². The minimum Gasteiger partial charge on any atom is -0.0617 e. The highest BCUT2D eigenvalue weighted by atomic mass is 14.4. The molecule has 0 bridgehead atoms. The Balaban J connectivity index is 2.60. The highest BCUT2D eigenvalue weighted by molar-refractivity contribution is 5.45. The summed E-state index contributed by atoms with van der Waals surface area (Å²) in [5.41, 5.74) is 5.18. The molecule has 0 heteroatoms. The Hall–Kier alpha value is -0.780. The summed E-state index contributed by atoms with van der Waals surface area (Å²) in [6, 6.07) is 6.82. The summed E-state index contributed by atoms with van der Waals surface area (Å²) in [5.74, 6) is 0.655. The third-order valence-corrected chi connectivity index (χ3v) is 3.50. The molecule has 0 aliphatic heterocycles.